The largest absolute Gasteiger partial charge is 0.496 e. The van der Waals surface area contributed by atoms with E-state index < -0.39 is 0 Å². The first kappa shape index (κ1) is 25.3. The molecule has 0 unspecified atom stereocenters. The third kappa shape index (κ3) is 7.60. The Bertz CT molecular complexity index is 989. The quantitative estimate of drug-likeness (QED) is 0.209. The molecule has 170 valence electrons. The van der Waals surface area contributed by atoms with Crippen LogP contribution in [0.25, 0.3) is 0 Å². The minimum atomic E-state index is -0.274. The molecule has 1 heterocycles. The topological polar surface area (TPSA) is 87.9 Å². The van der Waals surface area contributed by atoms with Gasteiger partial charge in [0.15, 0.2) is 11.7 Å². The monoisotopic (exact) mass is 548 g/mol. The molecule has 3 N–H and O–H groups in total. The van der Waals surface area contributed by atoms with Crippen LogP contribution in [0, 0.1) is 0 Å². The Morgan fingerprint density at radius 3 is 2.50 bits per heavy atom. The van der Waals surface area contributed by atoms with Crippen molar-refractivity contribution in [3.8, 4) is 5.75 Å². The minimum absolute atomic E-state index is 0. The number of carbonyl (C=O) groups is 1. The van der Waals surface area contributed by atoms with E-state index >= 15 is 0 Å². The number of hydrogen-bond acceptors (Lipinski definition) is 4. The van der Waals surface area contributed by atoms with Crippen molar-refractivity contribution >= 4 is 41.5 Å². The summed E-state index contributed by atoms with van der Waals surface area (Å²) in [6.45, 7) is 4.08. The van der Waals surface area contributed by atoms with Crippen LogP contribution in [-0.2, 0) is 13.0 Å². The number of amides is 1. The van der Waals surface area contributed by atoms with Gasteiger partial charge in [0.05, 0.1) is 19.9 Å². The normalized spacial score (nSPS) is 10.8. The molecule has 0 atom stereocenters. The van der Waals surface area contributed by atoms with Crippen LogP contribution in [0.2, 0.25) is 0 Å². The number of nitrogens with one attached hydrogen (secondary N) is 3. The van der Waals surface area contributed by atoms with Gasteiger partial charge >= 0.3 is 0 Å². The molecule has 3 aromatic rings. The number of rotatable bonds is 9. The van der Waals surface area contributed by atoms with Gasteiger partial charge in [0, 0.05) is 18.8 Å². The maximum atomic E-state index is 12.0. The average molecular weight is 548 g/mol. The highest BCUT2D eigenvalue weighted by Crippen LogP contribution is 2.17. The fourth-order valence-corrected chi connectivity index (χ4v) is 3.03. The number of furan rings is 1. The Labute approximate surface area is 205 Å². The molecule has 0 aliphatic rings. The molecule has 1 amide bonds. The number of hydrogen-bond donors (Lipinski definition) is 3. The zero-order chi connectivity index (χ0) is 21.9. The van der Waals surface area contributed by atoms with Gasteiger partial charge in [-0.15, -0.1) is 24.0 Å². The van der Waals surface area contributed by atoms with Gasteiger partial charge in [0.25, 0.3) is 5.91 Å². The second-order valence-electron chi connectivity index (χ2n) is 6.81. The fourth-order valence-electron chi connectivity index (χ4n) is 3.03. The molecule has 0 bridgehead atoms. The third-order valence-corrected chi connectivity index (χ3v) is 4.60. The molecule has 0 radical (unpaired) electrons. The lowest BCUT2D eigenvalue weighted by Gasteiger charge is -2.13. The van der Waals surface area contributed by atoms with Crippen molar-refractivity contribution in [2.75, 3.05) is 25.5 Å². The molecule has 0 fully saturated rings. The maximum Gasteiger partial charge on any atom is 0.291 e. The summed E-state index contributed by atoms with van der Waals surface area (Å²) in [5.74, 6) is 1.66. The van der Waals surface area contributed by atoms with E-state index in [0.29, 0.717) is 12.2 Å². The maximum absolute atomic E-state index is 12.0. The second-order valence-corrected chi connectivity index (χ2v) is 6.81. The summed E-state index contributed by atoms with van der Waals surface area (Å²) in [6.07, 6.45) is 2.31. The average Bonchev–Trinajstić information content (AvgIpc) is 3.34. The Balaban J connectivity index is 0.00000363. The van der Waals surface area contributed by atoms with Crippen LogP contribution < -0.4 is 20.7 Å². The van der Waals surface area contributed by atoms with E-state index in [1.807, 2.05) is 49.4 Å². The van der Waals surface area contributed by atoms with Gasteiger partial charge in [-0.2, -0.15) is 0 Å². The predicted octanol–water partition coefficient (Wildman–Crippen LogP) is 4.46. The lowest BCUT2D eigenvalue weighted by molar-refractivity contribution is 0.0996. The Morgan fingerprint density at radius 2 is 1.81 bits per heavy atom. The van der Waals surface area contributed by atoms with Gasteiger partial charge in [-0.25, -0.2) is 4.99 Å². The van der Waals surface area contributed by atoms with E-state index in [2.05, 4.69) is 27.0 Å². The Hall–Kier alpha value is -3.01. The molecular formula is C24H29IN4O3. The number of methoxy groups -OCH3 is 1. The highest BCUT2D eigenvalue weighted by molar-refractivity contribution is 14.0. The molecular weight excluding hydrogens is 519 g/mol. The minimum Gasteiger partial charge on any atom is -0.496 e. The number of ether oxygens (including phenoxy) is 1. The molecule has 0 aliphatic carbocycles. The van der Waals surface area contributed by atoms with Crippen molar-refractivity contribution < 1.29 is 13.9 Å². The first-order valence-corrected chi connectivity index (χ1v) is 10.3. The number of halogens is 1. The first-order valence-electron chi connectivity index (χ1n) is 10.3. The van der Waals surface area contributed by atoms with Crippen LogP contribution in [0.3, 0.4) is 0 Å². The van der Waals surface area contributed by atoms with E-state index in [0.717, 1.165) is 42.3 Å². The Morgan fingerprint density at radius 1 is 1.03 bits per heavy atom. The highest BCUT2D eigenvalue weighted by Gasteiger charge is 2.08. The highest BCUT2D eigenvalue weighted by atomic mass is 127. The van der Waals surface area contributed by atoms with E-state index in [4.69, 9.17) is 9.15 Å². The smallest absolute Gasteiger partial charge is 0.291 e. The van der Waals surface area contributed by atoms with Gasteiger partial charge < -0.3 is 25.1 Å². The van der Waals surface area contributed by atoms with Crippen molar-refractivity contribution in [3.63, 3.8) is 0 Å². The Kier molecular flexibility index (Phi) is 10.6. The fraction of sp³-hybridized carbons (Fsp3) is 0.250. The summed E-state index contributed by atoms with van der Waals surface area (Å²) >= 11 is 0. The van der Waals surface area contributed by atoms with Crippen LogP contribution in [0.1, 0.15) is 28.6 Å². The summed E-state index contributed by atoms with van der Waals surface area (Å²) in [7, 11) is 1.69. The molecule has 8 heteroatoms. The van der Waals surface area contributed by atoms with E-state index in [1.54, 1.807) is 19.2 Å². The van der Waals surface area contributed by atoms with Gasteiger partial charge in [0.2, 0.25) is 0 Å². The molecule has 1 aromatic heterocycles. The lowest BCUT2D eigenvalue weighted by Crippen LogP contribution is -2.38. The van der Waals surface area contributed by atoms with Crippen molar-refractivity contribution in [3.05, 3.63) is 83.8 Å². The second kappa shape index (κ2) is 13.4. The van der Waals surface area contributed by atoms with Gasteiger partial charge in [0.1, 0.15) is 5.75 Å². The zero-order valence-electron chi connectivity index (χ0n) is 18.3. The van der Waals surface area contributed by atoms with E-state index in [-0.39, 0.29) is 35.6 Å². The molecule has 7 nitrogen and oxygen atoms in total. The molecule has 2 aromatic carbocycles. The van der Waals surface area contributed by atoms with Crippen molar-refractivity contribution in [2.45, 2.75) is 19.9 Å². The zero-order valence-corrected chi connectivity index (χ0v) is 20.6. The number of anilines is 1. The van der Waals surface area contributed by atoms with Crippen LogP contribution in [0.15, 0.2) is 76.3 Å². The van der Waals surface area contributed by atoms with E-state index in [1.165, 1.54) is 6.26 Å². The van der Waals surface area contributed by atoms with Crippen molar-refractivity contribution in [1.82, 2.24) is 10.6 Å². The molecule has 3 rings (SSSR count). The summed E-state index contributed by atoms with van der Waals surface area (Å²) in [5, 5.41) is 9.43. The lowest BCUT2D eigenvalue weighted by atomic mass is 10.1. The number of aliphatic imine (C=N–C) groups is 1. The summed E-state index contributed by atoms with van der Waals surface area (Å²) < 4.78 is 10.5. The third-order valence-electron chi connectivity index (χ3n) is 4.60. The summed E-state index contributed by atoms with van der Waals surface area (Å²) in [5.41, 5.74) is 2.90. The van der Waals surface area contributed by atoms with Crippen molar-refractivity contribution in [1.29, 1.82) is 0 Å². The number of guanidine groups is 1. The van der Waals surface area contributed by atoms with Crippen molar-refractivity contribution in [2.24, 2.45) is 4.99 Å². The first-order chi connectivity index (χ1) is 15.2. The molecule has 0 saturated carbocycles. The number of carbonyl (C=O) groups excluding carboxylic acids is 1. The molecule has 0 saturated heterocycles. The number of benzene rings is 2. The molecule has 0 aliphatic heterocycles. The predicted molar refractivity (Wildman–Crippen MR) is 138 cm³/mol. The summed E-state index contributed by atoms with van der Waals surface area (Å²) in [4.78, 5) is 16.7. The SMILES string of the molecule is CCNC(=NCc1ccc(NC(=O)c2ccco2)cc1)NCCc1ccccc1OC.I. The van der Waals surface area contributed by atoms with Crippen LogP contribution in [-0.4, -0.2) is 32.1 Å². The van der Waals surface area contributed by atoms with Gasteiger partial charge in [-0.05, 0) is 54.8 Å². The van der Waals surface area contributed by atoms with Gasteiger partial charge in [-0.1, -0.05) is 30.3 Å². The van der Waals surface area contributed by atoms with E-state index in [9.17, 15) is 4.79 Å². The van der Waals surface area contributed by atoms with Crippen LogP contribution in [0.4, 0.5) is 5.69 Å². The van der Waals surface area contributed by atoms with Crippen LogP contribution in [0.5, 0.6) is 5.75 Å². The standard InChI is InChI=1S/C24H28N4O3.HI/c1-3-25-24(26-15-14-19-7-4-5-8-21(19)30-2)27-17-18-10-12-20(13-11-18)28-23(29)22-9-6-16-31-22;/h4-13,16H,3,14-15,17H2,1-2H3,(H,28,29)(H2,25,26,27);1H. The molecule has 0 spiro atoms. The number of nitrogens with zero attached hydrogens (tertiary/aromatic N) is 1. The van der Waals surface area contributed by atoms with Crippen LogP contribution >= 0.6 is 24.0 Å². The summed E-state index contributed by atoms with van der Waals surface area (Å²) in [6, 6.07) is 18.9. The molecule has 32 heavy (non-hydrogen) atoms. The van der Waals surface area contributed by atoms with Gasteiger partial charge in [-0.3, -0.25) is 4.79 Å². The number of para-hydroxylation sites is 1.